The summed E-state index contributed by atoms with van der Waals surface area (Å²) in [6, 6.07) is 16.3. The van der Waals surface area contributed by atoms with Gasteiger partial charge in [-0.15, -0.1) is 0 Å². The molecule has 2 aromatic rings. The number of carbonyl (C=O) groups excluding carboxylic acids is 1. The van der Waals surface area contributed by atoms with Crippen LogP contribution in [0.3, 0.4) is 0 Å². The Bertz CT molecular complexity index is 661. The van der Waals surface area contributed by atoms with Gasteiger partial charge < -0.3 is 5.32 Å². The molecule has 1 saturated carbocycles. The van der Waals surface area contributed by atoms with E-state index in [1.807, 2.05) is 24.3 Å². The third-order valence-electron chi connectivity index (χ3n) is 5.15. The molecule has 3 rings (SSSR count). The molecular weight excluding hydrogens is 284 g/mol. The molecular formula is C20H24N2O. The molecule has 0 unspecified atom stereocenters. The largest absolute Gasteiger partial charge is 0.350 e. The lowest BCUT2D eigenvalue weighted by Gasteiger charge is -2.36. The summed E-state index contributed by atoms with van der Waals surface area (Å²) in [6.07, 6.45) is 5.04. The second-order valence-corrected chi connectivity index (χ2v) is 6.94. The van der Waals surface area contributed by atoms with Crippen molar-refractivity contribution in [2.45, 2.75) is 50.5 Å². The lowest BCUT2D eigenvalue weighted by Crippen LogP contribution is -2.50. The molecule has 0 aliphatic heterocycles. The Morgan fingerprint density at radius 3 is 2.43 bits per heavy atom. The fourth-order valence-corrected chi connectivity index (χ4v) is 3.28. The zero-order chi connectivity index (χ0) is 16.3. The molecule has 120 valence electrons. The van der Waals surface area contributed by atoms with E-state index in [4.69, 9.17) is 0 Å². The van der Waals surface area contributed by atoms with Gasteiger partial charge in [-0.3, -0.25) is 9.78 Å². The molecule has 1 fully saturated rings. The van der Waals surface area contributed by atoms with E-state index in [0.717, 1.165) is 18.5 Å². The number of rotatable bonds is 6. The highest BCUT2D eigenvalue weighted by molar-refractivity contribution is 5.78. The third-order valence-corrected chi connectivity index (χ3v) is 5.15. The molecule has 23 heavy (non-hydrogen) atoms. The topological polar surface area (TPSA) is 42.0 Å². The number of nitrogens with one attached hydrogen (secondary N) is 1. The first-order chi connectivity index (χ1) is 11.0. The number of hydrogen-bond donors (Lipinski definition) is 1. The van der Waals surface area contributed by atoms with Gasteiger partial charge in [0, 0.05) is 29.3 Å². The molecule has 1 amide bonds. The first kappa shape index (κ1) is 15.7. The van der Waals surface area contributed by atoms with E-state index in [1.165, 1.54) is 5.56 Å². The minimum absolute atomic E-state index is 0.0606. The van der Waals surface area contributed by atoms with Gasteiger partial charge in [-0.1, -0.05) is 50.2 Å². The smallest absolute Gasteiger partial charge is 0.220 e. The Kier molecular flexibility index (Phi) is 4.20. The number of carbonyl (C=O) groups is 1. The van der Waals surface area contributed by atoms with Crippen LogP contribution in [0.15, 0.2) is 54.7 Å². The lowest BCUT2D eigenvalue weighted by atomic mass is 9.75. The van der Waals surface area contributed by atoms with Crippen molar-refractivity contribution in [1.29, 1.82) is 0 Å². The van der Waals surface area contributed by atoms with E-state index in [9.17, 15) is 4.79 Å². The summed E-state index contributed by atoms with van der Waals surface area (Å²) in [5.41, 5.74) is 2.09. The highest BCUT2D eigenvalue weighted by atomic mass is 16.1. The summed E-state index contributed by atoms with van der Waals surface area (Å²) in [4.78, 5) is 16.7. The number of benzene rings is 1. The minimum Gasteiger partial charge on any atom is -0.350 e. The summed E-state index contributed by atoms with van der Waals surface area (Å²) in [6.45, 7) is 4.46. The highest BCUT2D eigenvalue weighted by Crippen LogP contribution is 2.51. The summed E-state index contributed by atoms with van der Waals surface area (Å²) in [7, 11) is 0. The van der Waals surface area contributed by atoms with Gasteiger partial charge in [-0.25, -0.2) is 0 Å². The molecule has 3 heteroatoms. The first-order valence-electron chi connectivity index (χ1n) is 8.30. The van der Waals surface area contributed by atoms with E-state index in [1.54, 1.807) is 6.20 Å². The predicted octanol–water partition coefficient (Wildman–Crippen LogP) is 3.64. The van der Waals surface area contributed by atoms with Crippen LogP contribution in [0.1, 0.15) is 44.4 Å². The van der Waals surface area contributed by atoms with Gasteiger partial charge in [0.15, 0.2) is 0 Å². The predicted molar refractivity (Wildman–Crippen MR) is 92.1 cm³/mol. The summed E-state index contributed by atoms with van der Waals surface area (Å²) in [5, 5.41) is 3.31. The van der Waals surface area contributed by atoms with Crippen LogP contribution in [0.4, 0.5) is 0 Å². The van der Waals surface area contributed by atoms with Crippen molar-refractivity contribution in [1.82, 2.24) is 10.3 Å². The molecule has 1 N–H and O–H groups in total. The Morgan fingerprint density at radius 2 is 1.83 bits per heavy atom. The van der Waals surface area contributed by atoms with Crippen molar-refractivity contribution in [3.05, 3.63) is 66.0 Å². The molecule has 1 aromatic carbocycles. The number of amides is 1. The van der Waals surface area contributed by atoms with Gasteiger partial charge in [0.1, 0.15) is 0 Å². The van der Waals surface area contributed by atoms with Crippen molar-refractivity contribution in [2.75, 3.05) is 0 Å². The maximum Gasteiger partial charge on any atom is 0.220 e. The van der Waals surface area contributed by atoms with Gasteiger partial charge in [0.25, 0.3) is 0 Å². The number of aromatic nitrogens is 1. The molecule has 1 aromatic heterocycles. The summed E-state index contributed by atoms with van der Waals surface area (Å²) in [5.74, 6) is 0.122. The van der Waals surface area contributed by atoms with Gasteiger partial charge >= 0.3 is 0 Å². The van der Waals surface area contributed by atoms with Gasteiger partial charge in [0.05, 0.1) is 0 Å². The fourth-order valence-electron chi connectivity index (χ4n) is 3.28. The van der Waals surface area contributed by atoms with E-state index in [2.05, 4.69) is 48.4 Å². The maximum absolute atomic E-state index is 12.4. The first-order valence-corrected chi connectivity index (χ1v) is 8.30. The average molecular weight is 308 g/mol. The van der Waals surface area contributed by atoms with Crippen molar-refractivity contribution in [3.8, 4) is 0 Å². The number of pyridine rings is 1. The monoisotopic (exact) mass is 308 g/mol. The Hall–Kier alpha value is -2.16. The molecule has 0 radical (unpaired) electrons. The molecule has 0 atom stereocenters. The molecule has 1 aliphatic rings. The maximum atomic E-state index is 12.4. The zero-order valence-corrected chi connectivity index (χ0v) is 13.9. The van der Waals surface area contributed by atoms with Gasteiger partial charge in [-0.2, -0.15) is 0 Å². The second-order valence-electron chi connectivity index (χ2n) is 6.94. The highest BCUT2D eigenvalue weighted by Gasteiger charge is 2.55. The van der Waals surface area contributed by atoms with Crippen LogP contribution in [0.25, 0.3) is 0 Å². The molecule has 1 aliphatic carbocycles. The van der Waals surface area contributed by atoms with Gasteiger partial charge in [-0.05, 0) is 37.0 Å². The van der Waals surface area contributed by atoms with Crippen molar-refractivity contribution >= 4 is 5.91 Å². The minimum atomic E-state index is -0.102. The number of hydrogen-bond acceptors (Lipinski definition) is 2. The third kappa shape index (κ3) is 3.29. The average Bonchev–Trinajstić information content (AvgIpc) is 3.36. The van der Waals surface area contributed by atoms with Crippen LogP contribution in [0.2, 0.25) is 0 Å². The zero-order valence-electron chi connectivity index (χ0n) is 13.9. The quantitative estimate of drug-likeness (QED) is 0.885. The van der Waals surface area contributed by atoms with Crippen molar-refractivity contribution < 1.29 is 4.79 Å². The van der Waals surface area contributed by atoms with Crippen LogP contribution in [-0.4, -0.2) is 16.4 Å². The van der Waals surface area contributed by atoms with E-state index in [0.29, 0.717) is 12.8 Å². The SMILES string of the molecule is CC(C)(c1ccccc1)C1(NC(=O)CCc2ccccn2)CC1. The summed E-state index contributed by atoms with van der Waals surface area (Å²) >= 11 is 0. The normalized spacial score (nSPS) is 15.9. The Labute approximate surface area is 138 Å². The van der Waals surface area contributed by atoms with Gasteiger partial charge in [0.2, 0.25) is 5.91 Å². The second kappa shape index (κ2) is 6.15. The molecule has 0 saturated heterocycles. The lowest BCUT2D eigenvalue weighted by molar-refractivity contribution is -0.122. The molecule has 0 spiro atoms. The van der Waals surface area contributed by atoms with E-state index >= 15 is 0 Å². The Balaban J connectivity index is 1.64. The van der Waals surface area contributed by atoms with E-state index < -0.39 is 0 Å². The van der Waals surface area contributed by atoms with Crippen molar-refractivity contribution in [3.63, 3.8) is 0 Å². The van der Waals surface area contributed by atoms with Crippen LogP contribution in [-0.2, 0) is 16.6 Å². The number of aryl methyl sites for hydroxylation is 1. The fraction of sp³-hybridized carbons (Fsp3) is 0.400. The van der Waals surface area contributed by atoms with Crippen LogP contribution in [0, 0.1) is 0 Å². The molecule has 1 heterocycles. The van der Waals surface area contributed by atoms with E-state index in [-0.39, 0.29) is 16.9 Å². The van der Waals surface area contributed by atoms with Crippen LogP contribution in [0.5, 0.6) is 0 Å². The standard InChI is InChI=1S/C20H24N2O/c1-19(2,16-8-4-3-5-9-16)20(13-14-20)22-18(23)12-11-17-10-6-7-15-21-17/h3-10,15H,11-14H2,1-2H3,(H,22,23). The molecule has 3 nitrogen and oxygen atoms in total. The van der Waals surface area contributed by atoms with Crippen LogP contribution >= 0.6 is 0 Å². The van der Waals surface area contributed by atoms with Crippen LogP contribution < -0.4 is 5.32 Å². The number of nitrogens with zero attached hydrogens (tertiary/aromatic N) is 1. The summed E-state index contributed by atoms with van der Waals surface area (Å²) < 4.78 is 0. The molecule has 0 bridgehead atoms. The Morgan fingerprint density at radius 1 is 1.13 bits per heavy atom. The van der Waals surface area contributed by atoms with Crippen molar-refractivity contribution in [2.24, 2.45) is 0 Å².